The molecule has 1 rings (SSSR count). The van der Waals surface area contributed by atoms with Crippen LogP contribution in [0, 0.1) is 6.92 Å². The van der Waals surface area contributed by atoms with Crippen molar-refractivity contribution in [2.24, 2.45) is 0 Å². The molecule has 0 spiro atoms. The molecule has 1 aromatic heterocycles. The molecule has 0 unspecified atom stereocenters. The zero-order valence-corrected chi connectivity index (χ0v) is 9.73. The Hall–Kier alpha value is -0.600. The molecule has 0 bridgehead atoms. The maximum absolute atomic E-state index is 5.81. The number of pyridine rings is 1. The third-order valence-electron chi connectivity index (χ3n) is 2.04. The van der Waals surface area contributed by atoms with E-state index < -0.39 is 0 Å². The second-order valence-electron chi connectivity index (χ2n) is 4.24. The summed E-state index contributed by atoms with van der Waals surface area (Å²) in [6, 6.07) is 2.13. The Bertz CT molecular complexity index is 297. The number of nitrogens with zero attached hydrogens (tertiary/aromatic N) is 1. The van der Waals surface area contributed by atoms with Gasteiger partial charge >= 0.3 is 0 Å². The zero-order chi connectivity index (χ0) is 10.6. The number of rotatable bonds is 4. The first kappa shape index (κ1) is 11.5. The molecular formula is C11H17ClN2. The van der Waals surface area contributed by atoms with Crippen LogP contribution < -0.4 is 5.32 Å². The number of hydrogen-bond acceptors (Lipinski definition) is 2. The zero-order valence-electron chi connectivity index (χ0n) is 8.97. The van der Waals surface area contributed by atoms with Crippen LogP contribution in [0.15, 0.2) is 18.5 Å². The highest BCUT2D eigenvalue weighted by molar-refractivity contribution is 6.18. The SMILES string of the molecule is Cc1cncc(CNC(C)(C)CCl)c1. The molecule has 0 aliphatic heterocycles. The lowest BCUT2D eigenvalue weighted by atomic mass is 10.1. The van der Waals surface area contributed by atoms with Crippen molar-refractivity contribution in [1.29, 1.82) is 0 Å². The van der Waals surface area contributed by atoms with Crippen molar-refractivity contribution in [1.82, 2.24) is 10.3 Å². The summed E-state index contributed by atoms with van der Waals surface area (Å²) in [5.41, 5.74) is 2.36. The lowest BCUT2D eigenvalue weighted by Gasteiger charge is -2.23. The lowest BCUT2D eigenvalue weighted by Crippen LogP contribution is -2.40. The van der Waals surface area contributed by atoms with Crippen molar-refractivity contribution in [3.8, 4) is 0 Å². The Morgan fingerprint density at radius 2 is 2.14 bits per heavy atom. The van der Waals surface area contributed by atoms with Crippen LogP contribution in [0.25, 0.3) is 0 Å². The van der Waals surface area contributed by atoms with Crippen LogP contribution in [0.3, 0.4) is 0 Å². The highest BCUT2D eigenvalue weighted by atomic mass is 35.5. The van der Waals surface area contributed by atoms with Crippen molar-refractivity contribution in [3.63, 3.8) is 0 Å². The van der Waals surface area contributed by atoms with Crippen molar-refractivity contribution < 1.29 is 0 Å². The monoisotopic (exact) mass is 212 g/mol. The molecule has 0 amide bonds. The number of aromatic nitrogens is 1. The van der Waals surface area contributed by atoms with Crippen LogP contribution in [0.2, 0.25) is 0 Å². The van der Waals surface area contributed by atoms with Gasteiger partial charge in [0.05, 0.1) is 0 Å². The average molecular weight is 213 g/mol. The van der Waals surface area contributed by atoms with Gasteiger partial charge in [0.1, 0.15) is 0 Å². The van der Waals surface area contributed by atoms with E-state index in [1.807, 2.05) is 19.3 Å². The van der Waals surface area contributed by atoms with Crippen molar-refractivity contribution in [3.05, 3.63) is 29.6 Å². The molecule has 0 saturated carbocycles. The predicted molar refractivity (Wildman–Crippen MR) is 60.6 cm³/mol. The van der Waals surface area contributed by atoms with Gasteiger partial charge in [0.2, 0.25) is 0 Å². The van der Waals surface area contributed by atoms with Gasteiger partial charge in [-0.05, 0) is 31.9 Å². The van der Waals surface area contributed by atoms with Gasteiger partial charge in [-0.2, -0.15) is 0 Å². The number of halogens is 1. The van der Waals surface area contributed by atoms with E-state index in [1.165, 1.54) is 11.1 Å². The number of aryl methyl sites for hydroxylation is 1. The standard InChI is InChI=1S/C11H17ClN2/c1-9-4-10(6-13-5-9)7-14-11(2,3)8-12/h4-6,14H,7-8H2,1-3H3. The van der Waals surface area contributed by atoms with Gasteiger partial charge < -0.3 is 5.32 Å². The van der Waals surface area contributed by atoms with Gasteiger partial charge in [0, 0.05) is 30.4 Å². The minimum Gasteiger partial charge on any atom is -0.306 e. The van der Waals surface area contributed by atoms with Crippen LogP contribution >= 0.6 is 11.6 Å². The molecule has 0 aliphatic carbocycles. The fourth-order valence-electron chi connectivity index (χ4n) is 1.10. The number of nitrogens with one attached hydrogen (secondary N) is 1. The van der Waals surface area contributed by atoms with E-state index in [4.69, 9.17) is 11.6 Å². The topological polar surface area (TPSA) is 24.9 Å². The first-order chi connectivity index (χ1) is 6.53. The smallest absolute Gasteiger partial charge is 0.0400 e. The van der Waals surface area contributed by atoms with Crippen LogP contribution in [0.4, 0.5) is 0 Å². The van der Waals surface area contributed by atoms with Gasteiger partial charge in [-0.1, -0.05) is 6.07 Å². The second kappa shape index (κ2) is 4.76. The Morgan fingerprint density at radius 3 is 2.71 bits per heavy atom. The highest BCUT2D eigenvalue weighted by Crippen LogP contribution is 2.07. The fourth-order valence-corrected chi connectivity index (χ4v) is 1.20. The van der Waals surface area contributed by atoms with Crippen LogP contribution in [0.5, 0.6) is 0 Å². The van der Waals surface area contributed by atoms with Crippen molar-refractivity contribution in [2.45, 2.75) is 32.9 Å². The molecule has 0 aliphatic rings. The third kappa shape index (κ3) is 3.64. The maximum Gasteiger partial charge on any atom is 0.0400 e. The van der Waals surface area contributed by atoms with E-state index in [-0.39, 0.29) is 5.54 Å². The Labute approximate surface area is 90.7 Å². The van der Waals surface area contributed by atoms with E-state index in [9.17, 15) is 0 Å². The van der Waals surface area contributed by atoms with E-state index in [0.717, 1.165) is 6.54 Å². The molecule has 0 aromatic carbocycles. The van der Waals surface area contributed by atoms with Crippen LogP contribution in [0.1, 0.15) is 25.0 Å². The van der Waals surface area contributed by atoms with Gasteiger partial charge in [0.15, 0.2) is 0 Å². The molecule has 1 N–H and O–H groups in total. The summed E-state index contributed by atoms with van der Waals surface area (Å²) in [7, 11) is 0. The summed E-state index contributed by atoms with van der Waals surface area (Å²) in [5, 5.41) is 3.38. The summed E-state index contributed by atoms with van der Waals surface area (Å²) in [4.78, 5) is 4.14. The second-order valence-corrected chi connectivity index (χ2v) is 4.51. The molecule has 0 atom stereocenters. The van der Waals surface area contributed by atoms with Gasteiger partial charge in [-0.3, -0.25) is 4.98 Å². The Kier molecular flexibility index (Phi) is 3.90. The molecule has 14 heavy (non-hydrogen) atoms. The van der Waals surface area contributed by atoms with E-state index in [2.05, 4.69) is 30.2 Å². The van der Waals surface area contributed by atoms with E-state index in [0.29, 0.717) is 5.88 Å². The van der Waals surface area contributed by atoms with E-state index >= 15 is 0 Å². The molecule has 0 fully saturated rings. The quantitative estimate of drug-likeness (QED) is 0.776. The molecule has 3 heteroatoms. The van der Waals surface area contributed by atoms with Gasteiger partial charge in [-0.15, -0.1) is 11.6 Å². The van der Waals surface area contributed by atoms with Gasteiger partial charge in [-0.25, -0.2) is 0 Å². The number of hydrogen-bond donors (Lipinski definition) is 1. The van der Waals surface area contributed by atoms with Crippen LogP contribution in [-0.4, -0.2) is 16.4 Å². The molecule has 2 nitrogen and oxygen atoms in total. The molecule has 1 aromatic rings. The van der Waals surface area contributed by atoms with Crippen LogP contribution in [-0.2, 0) is 6.54 Å². The molecule has 0 radical (unpaired) electrons. The normalized spacial score (nSPS) is 11.7. The third-order valence-corrected chi connectivity index (χ3v) is 2.70. The summed E-state index contributed by atoms with van der Waals surface area (Å²) in [6.07, 6.45) is 3.74. The maximum atomic E-state index is 5.81. The summed E-state index contributed by atoms with van der Waals surface area (Å²) in [5.74, 6) is 0.603. The lowest BCUT2D eigenvalue weighted by molar-refractivity contribution is 0.429. The van der Waals surface area contributed by atoms with E-state index in [1.54, 1.807) is 0 Å². The number of alkyl halides is 1. The summed E-state index contributed by atoms with van der Waals surface area (Å²) >= 11 is 5.81. The molecule has 78 valence electrons. The highest BCUT2D eigenvalue weighted by Gasteiger charge is 2.14. The van der Waals surface area contributed by atoms with Crippen molar-refractivity contribution >= 4 is 11.6 Å². The summed E-state index contributed by atoms with van der Waals surface area (Å²) in [6.45, 7) is 7.03. The average Bonchev–Trinajstić information content (AvgIpc) is 2.15. The molecular weight excluding hydrogens is 196 g/mol. The Balaban J connectivity index is 2.54. The fraction of sp³-hybridized carbons (Fsp3) is 0.545. The van der Waals surface area contributed by atoms with Crippen molar-refractivity contribution in [2.75, 3.05) is 5.88 Å². The predicted octanol–water partition coefficient (Wildman–Crippen LogP) is 2.50. The molecule has 1 heterocycles. The minimum atomic E-state index is -0.0225. The van der Waals surface area contributed by atoms with Gasteiger partial charge in [0.25, 0.3) is 0 Å². The summed E-state index contributed by atoms with van der Waals surface area (Å²) < 4.78 is 0. The largest absolute Gasteiger partial charge is 0.306 e. The first-order valence-electron chi connectivity index (χ1n) is 4.75. The first-order valence-corrected chi connectivity index (χ1v) is 5.28. The molecule has 0 saturated heterocycles. The minimum absolute atomic E-state index is 0.0225. The Morgan fingerprint density at radius 1 is 1.43 bits per heavy atom.